The van der Waals surface area contributed by atoms with E-state index < -0.39 is 46.6 Å². The Morgan fingerprint density at radius 3 is 2.02 bits per heavy atom. The van der Waals surface area contributed by atoms with E-state index in [0.29, 0.717) is 16.5 Å². The first-order valence-corrected chi connectivity index (χ1v) is 16.2. The van der Waals surface area contributed by atoms with Crippen LogP contribution in [-0.2, 0) is 14.3 Å². The molecule has 0 fully saturated rings. The van der Waals surface area contributed by atoms with Gasteiger partial charge in [-0.05, 0) is 82.6 Å². The first-order valence-electron chi connectivity index (χ1n) is 14.1. The van der Waals surface area contributed by atoms with Gasteiger partial charge in [0.05, 0.1) is 51.0 Å². The summed E-state index contributed by atoms with van der Waals surface area (Å²) in [6, 6.07) is 3.93. The molecular weight excluding hydrogens is 835 g/mol. The molecule has 0 radical (unpaired) electrons. The second-order valence-corrected chi connectivity index (χ2v) is 13.6. The Morgan fingerprint density at radius 1 is 0.935 bits per heavy atom. The molecular formula is C32H36F3I2N2O7+. The molecule has 1 heterocycles. The third-order valence-corrected chi connectivity index (χ3v) is 8.16. The maximum Gasteiger partial charge on any atom is 0.347 e. The van der Waals surface area contributed by atoms with Crippen molar-refractivity contribution in [3.05, 3.63) is 88.2 Å². The number of rotatable bonds is 9. The highest BCUT2D eigenvalue weighted by Crippen LogP contribution is 2.33. The number of benzene rings is 2. The lowest BCUT2D eigenvalue weighted by molar-refractivity contribution is -0.801. The van der Waals surface area contributed by atoms with Gasteiger partial charge in [0, 0.05) is 24.8 Å². The van der Waals surface area contributed by atoms with Crippen molar-refractivity contribution in [3.8, 4) is 0 Å². The number of hydrogen-bond donors (Lipinski definition) is 2. The molecule has 0 aliphatic rings. The molecule has 9 nitrogen and oxygen atoms in total. The lowest BCUT2D eigenvalue weighted by Crippen LogP contribution is -3.00. The predicted molar refractivity (Wildman–Crippen MR) is 183 cm³/mol. The summed E-state index contributed by atoms with van der Waals surface area (Å²) in [5.41, 5.74) is -1.32. The van der Waals surface area contributed by atoms with Crippen molar-refractivity contribution in [2.75, 3.05) is 33.9 Å². The zero-order valence-electron chi connectivity index (χ0n) is 26.4. The van der Waals surface area contributed by atoms with E-state index in [1.807, 2.05) is 20.8 Å². The minimum absolute atomic E-state index is 0.0929. The number of carbonyl (C=O) groups excluding carboxylic acids is 3. The Bertz CT molecular complexity index is 1720. The fourth-order valence-corrected chi connectivity index (χ4v) is 5.23. The molecule has 3 aromatic rings. The van der Waals surface area contributed by atoms with Crippen molar-refractivity contribution < 1.29 is 47.0 Å². The highest BCUT2D eigenvalue weighted by Gasteiger charge is 2.29. The van der Waals surface area contributed by atoms with Crippen LogP contribution in [0, 0.1) is 30.0 Å². The number of fused-ring (bicyclic) bond motifs is 1. The quantitative estimate of drug-likeness (QED) is 0.0602. The second kappa shape index (κ2) is 16.8. The Hall–Kier alpha value is -2.83. The Balaban J connectivity index is 0.000000326. The van der Waals surface area contributed by atoms with E-state index in [1.54, 1.807) is 77.7 Å². The highest BCUT2D eigenvalue weighted by atomic mass is 127. The lowest BCUT2D eigenvalue weighted by Gasteiger charge is -2.33. The zero-order valence-corrected chi connectivity index (χ0v) is 30.7. The van der Waals surface area contributed by atoms with E-state index in [4.69, 9.17) is 9.47 Å². The molecule has 2 N–H and O–H groups in total. The number of nitrogens with zero attached hydrogens (tertiary/aromatic N) is 1. The van der Waals surface area contributed by atoms with Crippen LogP contribution in [0.2, 0.25) is 0 Å². The minimum Gasteiger partial charge on any atom is -0.462 e. The number of halogens is 5. The van der Waals surface area contributed by atoms with Crippen LogP contribution in [0.5, 0.6) is 0 Å². The van der Waals surface area contributed by atoms with Crippen molar-refractivity contribution in [2.45, 2.75) is 40.7 Å². The fourth-order valence-electron chi connectivity index (χ4n) is 4.29. The molecule has 1 atom stereocenters. The zero-order chi connectivity index (χ0) is 35.1. The maximum absolute atomic E-state index is 14.1. The Morgan fingerprint density at radius 2 is 1.50 bits per heavy atom. The monoisotopic (exact) mass is 871 g/mol. The van der Waals surface area contributed by atoms with Crippen molar-refractivity contribution in [2.24, 2.45) is 5.41 Å². The molecule has 2 aromatic carbocycles. The largest absolute Gasteiger partial charge is 0.462 e. The Kier molecular flexibility index (Phi) is 14.4. The smallest absolute Gasteiger partial charge is 0.347 e. The second-order valence-electron chi connectivity index (χ2n) is 11.3. The molecule has 0 saturated carbocycles. The summed E-state index contributed by atoms with van der Waals surface area (Å²) in [7, 11) is 3.38. The molecule has 0 saturated heterocycles. The molecule has 1 aromatic heterocycles. The number of aliphatic hydroxyl groups is 1. The van der Waals surface area contributed by atoms with E-state index in [-0.39, 0.29) is 54.5 Å². The molecule has 0 bridgehead atoms. The van der Waals surface area contributed by atoms with Crippen molar-refractivity contribution in [3.63, 3.8) is 0 Å². The van der Waals surface area contributed by atoms with Crippen LogP contribution in [0.25, 0.3) is 10.9 Å². The van der Waals surface area contributed by atoms with Crippen molar-refractivity contribution >= 4 is 73.8 Å². The topological polar surface area (TPSA) is 116 Å². The molecule has 0 amide bonds. The van der Waals surface area contributed by atoms with Gasteiger partial charge >= 0.3 is 11.9 Å². The first kappa shape index (κ1) is 39.3. The lowest BCUT2D eigenvalue weighted by atomic mass is 9.86. The number of ether oxygens (including phenoxy) is 2. The molecule has 0 aliphatic heterocycles. The normalized spacial score (nSPS) is 12.4. The van der Waals surface area contributed by atoms with Crippen LogP contribution >= 0.6 is 45.2 Å². The summed E-state index contributed by atoms with van der Waals surface area (Å²) in [4.78, 5) is 49.8. The van der Waals surface area contributed by atoms with Gasteiger partial charge in [-0.25, -0.2) is 22.8 Å². The highest BCUT2D eigenvalue weighted by molar-refractivity contribution is 14.1. The summed E-state index contributed by atoms with van der Waals surface area (Å²) >= 11 is 3.45. The standard InChI is InChI=1S/C18H21FINO4.C14H14F2INO3/c1-5-25-17(24)11-8-21(15(9-22)18(2,3)4)14-7-12(19)13(20)6-10(14)16(11)23;1-4-21-14(20)9(7-18(2)3)13(19)8-5-12(17)11(16)6-10(8)15/h6-8,15,22H,5,9H2,1-4H3;5-7H,4H2,1-3H3/p+1. The Labute approximate surface area is 292 Å². The van der Waals surface area contributed by atoms with Crippen LogP contribution in [0.15, 0.2) is 47.0 Å². The molecule has 14 heteroatoms. The SMILES string of the molecule is CCOC(=O)C(=C[NH+](C)C)C(=O)c1cc(I)c(F)cc1F.CCOC(=O)c1cn(C(CO)C(C)(C)C)c2cc(F)c(I)cc2c1=O. The van der Waals surface area contributed by atoms with Crippen LogP contribution < -0.4 is 10.3 Å². The fraction of sp³-hybridized carbons (Fsp3) is 0.375. The van der Waals surface area contributed by atoms with Gasteiger partial charge in [0.15, 0.2) is 5.57 Å². The van der Waals surface area contributed by atoms with Gasteiger partial charge in [-0.15, -0.1) is 0 Å². The van der Waals surface area contributed by atoms with Crippen molar-refractivity contribution in [1.29, 1.82) is 0 Å². The van der Waals surface area contributed by atoms with Crippen LogP contribution in [-0.4, -0.2) is 61.3 Å². The third kappa shape index (κ3) is 9.60. The van der Waals surface area contributed by atoms with E-state index in [9.17, 15) is 37.5 Å². The number of carbonyl (C=O) groups is 3. The predicted octanol–water partition coefficient (Wildman–Crippen LogP) is 4.85. The molecule has 0 aliphatic carbocycles. The number of quaternary nitrogens is 1. The van der Waals surface area contributed by atoms with Crippen LogP contribution in [0.4, 0.5) is 13.2 Å². The molecule has 250 valence electrons. The van der Waals surface area contributed by atoms with Gasteiger partial charge in [0.2, 0.25) is 11.2 Å². The van der Waals surface area contributed by atoms with E-state index in [0.717, 1.165) is 6.07 Å². The van der Waals surface area contributed by atoms with Gasteiger partial charge in [-0.1, -0.05) is 20.8 Å². The average Bonchev–Trinajstić information content (AvgIpc) is 2.95. The first-order chi connectivity index (χ1) is 21.4. The number of nitrogens with one attached hydrogen (secondary N) is 1. The van der Waals surface area contributed by atoms with Gasteiger partial charge < -0.3 is 24.0 Å². The number of ketones is 1. The van der Waals surface area contributed by atoms with Crippen molar-refractivity contribution in [1.82, 2.24) is 4.57 Å². The number of hydrogen-bond acceptors (Lipinski definition) is 7. The summed E-state index contributed by atoms with van der Waals surface area (Å²) in [5, 5.41) is 10.1. The summed E-state index contributed by atoms with van der Waals surface area (Å²) in [6.45, 7) is 9.03. The minimum atomic E-state index is -1.01. The molecule has 0 spiro atoms. The molecule has 3 rings (SSSR count). The van der Waals surface area contributed by atoms with Gasteiger partial charge in [-0.2, -0.15) is 0 Å². The number of esters is 2. The number of aliphatic hydroxyl groups excluding tert-OH is 1. The number of aromatic nitrogens is 1. The van der Waals surface area contributed by atoms with Crippen LogP contribution in [0.3, 0.4) is 0 Å². The average molecular weight is 871 g/mol. The van der Waals surface area contributed by atoms with E-state index in [2.05, 4.69) is 0 Å². The number of Topliss-reactive ketones (excluding diaryl/α,β-unsaturated/α-hetero) is 1. The van der Waals surface area contributed by atoms with E-state index >= 15 is 0 Å². The summed E-state index contributed by atoms with van der Waals surface area (Å²) in [5.74, 6) is -4.62. The summed E-state index contributed by atoms with van der Waals surface area (Å²) in [6.07, 6.45) is 2.69. The number of pyridine rings is 1. The third-order valence-electron chi connectivity index (χ3n) is 6.51. The van der Waals surface area contributed by atoms with Crippen LogP contribution in [0.1, 0.15) is 61.4 Å². The van der Waals surface area contributed by atoms with Gasteiger partial charge in [-0.3, -0.25) is 9.59 Å². The van der Waals surface area contributed by atoms with Gasteiger partial charge in [0.25, 0.3) is 0 Å². The summed E-state index contributed by atoms with van der Waals surface area (Å²) < 4.78 is 52.9. The molecule has 46 heavy (non-hydrogen) atoms. The van der Waals surface area contributed by atoms with E-state index in [1.165, 1.54) is 24.5 Å². The maximum atomic E-state index is 14.1. The molecule has 1 unspecified atom stereocenters. The van der Waals surface area contributed by atoms with Gasteiger partial charge in [0.1, 0.15) is 29.2 Å².